The highest BCUT2D eigenvalue weighted by Gasteiger charge is 2.28. The first kappa shape index (κ1) is 21.2. The van der Waals surface area contributed by atoms with Crippen molar-refractivity contribution >= 4 is 46.4 Å². The summed E-state index contributed by atoms with van der Waals surface area (Å²) in [5.74, 6) is -0.0870. The molecule has 31 heavy (non-hydrogen) atoms. The molecule has 1 aliphatic carbocycles. The van der Waals surface area contributed by atoms with Gasteiger partial charge in [0.05, 0.1) is 11.4 Å². The van der Waals surface area contributed by atoms with Crippen LogP contribution in [0.15, 0.2) is 66.2 Å². The van der Waals surface area contributed by atoms with Crippen molar-refractivity contribution in [2.45, 2.75) is 13.3 Å². The fourth-order valence-corrected chi connectivity index (χ4v) is 4.25. The van der Waals surface area contributed by atoms with E-state index in [1.54, 1.807) is 24.3 Å². The lowest BCUT2D eigenvalue weighted by atomic mass is 10.0. The molecular weight excluding hydrogens is 438 g/mol. The van der Waals surface area contributed by atoms with Crippen LogP contribution in [0.2, 0.25) is 10.0 Å². The molecule has 3 aromatic carbocycles. The van der Waals surface area contributed by atoms with Gasteiger partial charge in [-0.2, -0.15) is 0 Å². The Kier molecular flexibility index (Phi) is 5.86. The minimum Gasteiger partial charge on any atom is -0.481 e. The van der Waals surface area contributed by atoms with Crippen molar-refractivity contribution in [1.82, 2.24) is 0 Å². The van der Waals surface area contributed by atoms with E-state index in [4.69, 9.17) is 27.9 Å². The van der Waals surface area contributed by atoms with Gasteiger partial charge >= 0.3 is 5.97 Å². The molecule has 6 heteroatoms. The van der Waals surface area contributed by atoms with Crippen LogP contribution >= 0.6 is 23.2 Å². The first-order valence-electron chi connectivity index (χ1n) is 9.48. The highest BCUT2D eigenvalue weighted by Crippen LogP contribution is 2.47. The average Bonchev–Trinajstić information content (AvgIpc) is 2.96. The van der Waals surface area contributed by atoms with Crippen molar-refractivity contribution in [2.75, 3.05) is 0 Å². The minimum absolute atomic E-state index is 0.123. The van der Waals surface area contributed by atoms with Crippen LogP contribution in [0.5, 0.6) is 11.5 Å². The summed E-state index contributed by atoms with van der Waals surface area (Å²) in [4.78, 5) is 11.4. The van der Waals surface area contributed by atoms with E-state index in [-0.39, 0.29) is 12.2 Å². The molecule has 0 saturated heterocycles. The zero-order chi connectivity index (χ0) is 22.1. The molecule has 0 aromatic heterocycles. The number of allylic oxidation sites excluding steroid dienone is 2. The van der Waals surface area contributed by atoms with Crippen LogP contribution in [0.4, 0.5) is 4.39 Å². The van der Waals surface area contributed by atoms with Crippen LogP contribution in [0, 0.1) is 5.82 Å². The fourth-order valence-electron chi connectivity index (χ4n) is 3.64. The Morgan fingerprint density at radius 3 is 2.26 bits per heavy atom. The number of fused-ring (bicyclic) bond motifs is 1. The smallest absolute Gasteiger partial charge is 0.307 e. The summed E-state index contributed by atoms with van der Waals surface area (Å²) in [5.41, 5.74) is 4.86. The number of aliphatic carboxylic acids is 1. The van der Waals surface area contributed by atoms with E-state index in [1.165, 1.54) is 12.1 Å². The van der Waals surface area contributed by atoms with E-state index in [0.717, 1.165) is 22.3 Å². The second kappa shape index (κ2) is 8.58. The van der Waals surface area contributed by atoms with Gasteiger partial charge in [-0.05, 0) is 89.4 Å². The predicted molar refractivity (Wildman–Crippen MR) is 122 cm³/mol. The molecule has 1 aliphatic rings. The van der Waals surface area contributed by atoms with Crippen LogP contribution in [-0.4, -0.2) is 11.1 Å². The van der Waals surface area contributed by atoms with Gasteiger partial charge < -0.3 is 9.84 Å². The summed E-state index contributed by atoms with van der Waals surface area (Å²) in [5, 5.41) is 10.3. The normalized spacial score (nSPS) is 14.1. The van der Waals surface area contributed by atoms with Gasteiger partial charge in [-0.25, -0.2) is 4.39 Å². The number of ether oxygens (including phenoxy) is 1. The quantitative estimate of drug-likeness (QED) is 0.428. The van der Waals surface area contributed by atoms with Crippen molar-refractivity contribution in [1.29, 1.82) is 0 Å². The van der Waals surface area contributed by atoms with Gasteiger partial charge in [0.2, 0.25) is 0 Å². The number of hydrogen-bond donors (Lipinski definition) is 1. The van der Waals surface area contributed by atoms with E-state index < -0.39 is 5.97 Å². The largest absolute Gasteiger partial charge is 0.481 e. The third kappa shape index (κ3) is 4.50. The summed E-state index contributed by atoms with van der Waals surface area (Å²) >= 11 is 12.6. The average molecular weight is 455 g/mol. The lowest BCUT2D eigenvalue weighted by molar-refractivity contribution is -0.135. The lowest BCUT2D eigenvalue weighted by Gasteiger charge is -2.08. The number of carbonyl (C=O) groups is 1. The topological polar surface area (TPSA) is 46.5 Å². The van der Waals surface area contributed by atoms with E-state index in [1.807, 2.05) is 37.3 Å². The van der Waals surface area contributed by atoms with E-state index in [0.29, 0.717) is 32.7 Å². The Morgan fingerprint density at radius 1 is 1.03 bits per heavy atom. The molecular formula is C25H17Cl2FO3. The molecule has 3 aromatic rings. The van der Waals surface area contributed by atoms with Crippen molar-refractivity contribution in [3.05, 3.63) is 98.8 Å². The molecule has 0 heterocycles. The summed E-state index contributed by atoms with van der Waals surface area (Å²) in [6, 6.07) is 16.6. The fraction of sp³-hybridized carbons (Fsp3) is 0.0800. The van der Waals surface area contributed by atoms with Gasteiger partial charge in [0.25, 0.3) is 0 Å². The summed E-state index contributed by atoms with van der Waals surface area (Å²) < 4.78 is 18.8. The Balaban J connectivity index is 1.68. The van der Waals surface area contributed by atoms with Crippen LogP contribution in [-0.2, 0) is 4.79 Å². The summed E-state index contributed by atoms with van der Waals surface area (Å²) in [7, 11) is 0. The monoisotopic (exact) mass is 454 g/mol. The number of carboxylic acids is 1. The van der Waals surface area contributed by atoms with Crippen LogP contribution in [0.3, 0.4) is 0 Å². The summed E-state index contributed by atoms with van der Waals surface area (Å²) in [6.45, 7) is 1.89. The number of halogens is 3. The third-order valence-electron chi connectivity index (χ3n) is 5.07. The predicted octanol–water partition coefficient (Wildman–Crippen LogP) is 7.73. The molecule has 1 N–H and O–H groups in total. The Morgan fingerprint density at radius 2 is 1.65 bits per heavy atom. The molecule has 3 nitrogen and oxygen atoms in total. The molecule has 0 amide bonds. The van der Waals surface area contributed by atoms with Crippen molar-refractivity contribution in [2.24, 2.45) is 0 Å². The molecule has 0 atom stereocenters. The standard InChI is InChI=1S/C25H17Cl2FO3/c1-14-20(22-11-16(26)12-23(27)25(22)21(14)13-24(29)30)10-15-2-6-18(7-3-15)31-19-8-4-17(28)5-9-19/h2-12H,13H2,1H3,(H,29,30)/b20-10-. The molecule has 0 unspecified atom stereocenters. The maximum atomic E-state index is 13.0. The first-order chi connectivity index (χ1) is 14.8. The molecule has 0 fully saturated rings. The van der Waals surface area contributed by atoms with E-state index in [9.17, 15) is 14.3 Å². The molecule has 0 spiro atoms. The van der Waals surface area contributed by atoms with Gasteiger partial charge in [-0.1, -0.05) is 35.3 Å². The van der Waals surface area contributed by atoms with Crippen LogP contribution in [0.1, 0.15) is 30.0 Å². The molecule has 4 rings (SSSR count). The van der Waals surface area contributed by atoms with Gasteiger partial charge in [-0.3, -0.25) is 4.79 Å². The molecule has 0 aliphatic heterocycles. The van der Waals surface area contributed by atoms with E-state index in [2.05, 4.69) is 0 Å². The Hall–Kier alpha value is -3.08. The highest BCUT2D eigenvalue weighted by atomic mass is 35.5. The Labute approximate surface area is 189 Å². The number of hydrogen-bond acceptors (Lipinski definition) is 2. The lowest BCUT2D eigenvalue weighted by Crippen LogP contribution is -1.97. The molecule has 156 valence electrons. The minimum atomic E-state index is -0.921. The maximum absolute atomic E-state index is 13.0. The highest BCUT2D eigenvalue weighted by molar-refractivity contribution is 6.37. The van der Waals surface area contributed by atoms with Gasteiger partial charge in [0.15, 0.2) is 0 Å². The molecule has 0 bridgehead atoms. The van der Waals surface area contributed by atoms with E-state index >= 15 is 0 Å². The zero-order valence-electron chi connectivity index (χ0n) is 16.5. The van der Waals surface area contributed by atoms with Gasteiger partial charge in [0.1, 0.15) is 17.3 Å². The van der Waals surface area contributed by atoms with Crippen molar-refractivity contribution < 1.29 is 19.0 Å². The van der Waals surface area contributed by atoms with Crippen molar-refractivity contribution in [3.8, 4) is 11.5 Å². The number of carboxylic acid groups (broad SMARTS) is 1. The zero-order valence-corrected chi connectivity index (χ0v) is 18.0. The second-order valence-electron chi connectivity index (χ2n) is 7.17. The SMILES string of the molecule is CC1=C(CC(=O)O)c2c(Cl)cc(Cl)cc2/C1=C\c1ccc(Oc2ccc(F)cc2)cc1. The van der Waals surface area contributed by atoms with Gasteiger partial charge in [-0.15, -0.1) is 0 Å². The number of rotatable bonds is 5. The number of benzene rings is 3. The molecule has 0 radical (unpaired) electrons. The van der Waals surface area contributed by atoms with Crippen molar-refractivity contribution in [3.63, 3.8) is 0 Å². The first-order valence-corrected chi connectivity index (χ1v) is 10.2. The Bertz CT molecular complexity index is 1230. The molecule has 0 saturated carbocycles. The summed E-state index contributed by atoms with van der Waals surface area (Å²) in [6.07, 6.45) is 1.85. The van der Waals surface area contributed by atoms with Crippen LogP contribution in [0.25, 0.3) is 17.2 Å². The second-order valence-corrected chi connectivity index (χ2v) is 8.01. The third-order valence-corrected chi connectivity index (χ3v) is 5.59. The van der Waals surface area contributed by atoms with Crippen LogP contribution < -0.4 is 4.74 Å². The van der Waals surface area contributed by atoms with Gasteiger partial charge in [0, 0.05) is 10.6 Å². The maximum Gasteiger partial charge on any atom is 0.307 e.